The Balaban J connectivity index is 1.16. The van der Waals surface area contributed by atoms with Gasteiger partial charge >= 0.3 is 0 Å². The first-order valence-electron chi connectivity index (χ1n) is 20.4. The van der Waals surface area contributed by atoms with E-state index in [2.05, 4.69) is 189 Å². The van der Waals surface area contributed by atoms with Crippen LogP contribution in [0.25, 0.3) is 135 Å². The summed E-state index contributed by atoms with van der Waals surface area (Å²) in [5.41, 5.74) is 9.13. The molecule has 0 spiro atoms. The number of thiophene rings is 1. The molecule has 0 bridgehead atoms. The SMILES string of the molecule is c1ccc2cc3c(cc2c1)c1c2c4ccccc4n(-c4nc(-n5c6ccccc6c6c7ccccc7ccc65)nc5c4sc4ccccc45)c2cc2c4ccccc4n3c21. The van der Waals surface area contributed by atoms with Gasteiger partial charge in [-0.1, -0.05) is 127 Å². The van der Waals surface area contributed by atoms with Gasteiger partial charge in [0, 0.05) is 53.2 Å². The van der Waals surface area contributed by atoms with Gasteiger partial charge in [-0.3, -0.25) is 9.13 Å². The van der Waals surface area contributed by atoms with Gasteiger partial charge in [-0.2, -0.15) is 4.98 Å². The van der Waals surface area contributed by atoms with Crippen molar-refractivity contribution < 1.29 is 0 Å². The first-order chi connectivity index (χ1) is 29.8. The van der Waals surface area contributed by atoms with E-state index in [-0.39, 0.29) is 0 Å². The Morgan fingerprint density at radius 2 is 1.00 bits per heavy atom. The van der Waals surface area contributed by atoms with Gasteiger partial charge in [0.15, 0.2) is 5.82 Å². The lowest BCUT2D eigenvalue weighted by molar-refractivity contribution is 0.977. The van der Waals surface area contributed by atoms with Crippen LogP contribution >= 0.6 is 11.3 Å². The highest BCUT2D eigenvalue weighted by molar-refractivity contribution is 7.26. The minimum absolute atomic E-state index is 0.660. The second-order valence-electron chi connectivity index (χ2n) is 16.1. The highest BCUT2D eigenvalue weighted by Gasteiger charge is 2.27. The van der Waals surface area contributed by atoms with Gasteiger partial charge in [0.05, 0.1) is 48.8 Å². The van der Waals surface area contributed by atoms with Gasteiger partial charge in [-0.15, -0.1) is 11.3 Å². The molecular weight excluding hydrogens is 751 g/mol. The highest BCUT2D eigenvalue weighted by Crippen LogP contribution is 2.49. The van der Waals surface area contributed by atoms with Crippen molar-refractivity contribution in [2.75, 3.05) is 0 Å². The lowest BCUT2D eigenvalue weighted by Crippen LogP contribution is -2.06. The molecule has 0 unspecified atom stereocenters. The minimum Gasteiger partial charge on any atom is -0.308 e. The fourth-order valence-corrected chi connectivity index (χ4v) is 11.8. The van der Waals surface area contributed by atoms with E-state index in [9.17, 15) is 0 Å². The standard InChI is InChI=1S/C54H29N5S/c1-2-15-32-28-44-39(27-31(32)14-1)49-48-36-19-7-10-22-41(36)58(45(48)29-38-34-17-5-9-21-40(34)57(44)51(38)49)53-52-50(37-20-8-12-24-46(37)60-52)55-54(56-53)59-42-23-11-6-18-35(42)47-33-16-4-3-13-30(33)25-26-43(47)59/h1-29H. The van der Waals surface area contributed by atoms with Crippen LogP contribution in [0.1, 0.15) is 0 Å². The van der Waals surface area contributed by atoms with E-state index in [1.807, 2.05) is 0 Å². The number of fused-ring (bicyclic) bond motifs is 19. The van der Waals surface area contributed by atoms with E-state index in [1.165, 1.54) is 85.9 Å². The molecule has 0 saturated carbocycles. The first-order valence-corrected chi connectivity index (χ1v) is 21.2. The quantitative estimate of drug-likeness (QED) is 0.175. The molecule has 9 aromatic carbocycles. The van der Waals surface area contributed by atoms with E-state index in [0.29, 0.717) is 5.95 Å². The molecule has 15 rings (SSSR count). The molecule has 0 atom stereocenters. The number of hydrogen-bond donors (Lipinski definition) is 0. The van der Waals surface area contributed by atoms with Crippen molar-refractivity contribution in [3.8, 4) is 11.8 Å². The van der Waals surface area contributed by atoms with Crippen molar-refractivity contribution in [2.45, 2.75) is 0 Å². The Kier molecular flexibility index (Phi) is 5.74. The normalized spacial score (nSPS) is 12.7. The molecule has 6 aromatic heterocycles. The molecule has 0 amide bonds. The second-order valence-corrected chi connectivity index (χ2v) is 17.2. The van der Waals surface area contributed by atoms with Gasteiger partial charge in [-0.25, -0.2) is 4.98 Å². The third-order valence-corrected chi connectivity index (χ3v) is 14.3. The Bertz CT molecular complexity index is 4370. The van der Waals surface area contributed by atoms with E-state index >= 15 is 0 Å². The summed E-state index contributed by atoms with van der Waals surface area (Å²) >= 11 is 1.78. The summed E-state index contributed by atoms with van der Waals surface area (Å²) < 4.78 is 9.50. The smallest absolute Gasteiger partial charge is 0.237 e. The van der Waals surface area contributed by atoms with Crippen molar-refractivity contribution in [1.29, 1.82) is 0 Å². The zero-order chi connectivity index (χ0) is 38.8. The van der Waals surface area contributed by atoms with E-state index in [0.717, 1.165) is 43.5 Å². The predicted molar refractivity (Wildman–Crippen MR) is 253 cm³/mol. The molecule has 0 saturated heterocycles. The average molecular weight is 780 g/mol. The van der Waals surface area contributed by atoms with Gasteiger partial charge in [-0.05, 0) is 70.1 Å². The summed E-state index contributed by atoms with van der Waals surface area (Å²) in [6.07, 6.45) is 0. The van der Waals surface area contributed by atoms with Crippen LogP contribution in [0, 0.1) is 0 Å². The van der Waals surface area contributed by atoms with E-state index in [4.69, 9.17) is 9.97 Å². The minimum atomic E-state index is 0.660. The maximum absolute atomic E-state index is 5.77. The van der Waals surface area contributed by atoms with Crippen LogP contribution in [0.5, 0.6) is 0 Å². The maximum Gasteiger partial charge on any atom is 0.237 e. The molecule has 276 valence electrons. The van der Waals surface area contributed by atoms with E-state index in [1.54, 1.807) is 11.3 Å². The van der Waals surface area contributed by atoms with Crippen molar-refractivity contribution >= 4 is 135 Å². The Labute approximate surface area is 344 Å². The number of benzene rings is 9. The zero-order valence-electron chi connectivity index (χ0n) is 31.9. The number of aromatic nitrogens is 5. The monoisotopic (exact) mass is 779 g/mol. The number of nitrogens with zero attached hydrogens (tertiary/aromatic N) is 5. The topological polar surface area (TPSA) is 40.0 Å². The van der Waals surface area contributed by atoms with Gasteiger partial charge in [0.25, 0.3) is 0 Å². The summed E-state index contributed by atoms with van der Waals surface area (Å²) in [5, 5.41) is 16.0. The molecule has 5 nitrogen and oxygen atoms in total. The largest absolute Gasteiger partial charge is 0.308 e. The van der Waals surface area contributed by atoms with Crippen LogP contribution in [0.2, 0.25) is 0 Å². The fraction of sp³-hybridized carbons (Fsp3) is 0. The maximum atomic E-state index is 5.77. The molecule has 0 radical (unpaired) electrons. The molecule has 6 heterocycles. The van der Waals surface area contributed by atoms with E-state index < -0.39 is 0 Å². The zero-order valence-corrected chi connectivity index (χ0v) is 32.7. The van der Waals surface area contributed by atoms with Crippen molar-refractivity contribution in [3.63, 3.8) is 0 Å². The lowest BCUT2D eigenvalue weighted by Gasteiger charge is -2.13. The van der Waals surface area contributed by atoms with Crippen LogP contribution < -0.4 is 0 Å². The molecule has 15 aromatic rings. The third-order valence-electron chi connectivity index (χ3n) is 13.1. The Morgan fingerprint density at radius 3 is 1.82 bits per heavy atom. The summed E-state index contributed by atoms with van der Waals surface area (Å²) in [6, 6.07) is 64.3. The average Bonchev–Trinajstić information content (AvgIpc) is 4.10. The van der Waals surface area contributed by atoms with Crippen LogP contribution in [-0.2, 0) is 0 Å². The molecule has 0 aliphatic rings. The number of hydrogen-bond acceptors (Lipinski definition) is 3. The second kappa shape index (κ2) is 11.0. The molecule has 60 heavy (non-hydrogen) atoms. The van der Waals surface area contributed by atoms with Gasteiger partial charge in [0.2, 0.25) is 5.95 Å². The van der Waals surface area contributed by atoms with Crippen LogP contribution in [0.15, 0.2) is 176 Å². The van der Waals surface area contributed by atoms with Crippen LogP contribution in [-0.4, -0.2) is 23.5 Å². The molecule has 0 fully saturated rings. The third kappa shape index (κ3) is 3.78. The number of rotatable bonds is 2. The predicted octanol–water partition coefficient (Wildman–Crippen LogP) is 14.5. The Morgan fingerprint density at radius 1 is 0.367 bits per heavy atom. The van der Waals surface area contributed by atoms with Crippen molar-refractivity contribution in [3.05, 3.63) is 176 Å². The number of para-hydroxylation sites is 3. The summed E-state index contributed by atoms with van der Waals surface area (Å²) in [4.78, 5) is 11.3. The summed E-state index contributed by atoms with van der Waals surface area (Å²) in [7, 11) is 0. The lowest BCUT2D eigenvalue weighted by atomic mass is 10.0. The Hall–Kier alpha value is -7.80. The summed E-state index contributed by atoms with van der Waals surface area (Å²) in [6.45, 7) is 0. The van der Waals surface area contributed by atoms with Crippen molar-refractivity contribution in [1.82, 2.24) is 23.5 Å². The van der Waals surface area contributed by atoms with Gasteiger partial charge in [0.1, 0.15) is 0 Å². The van der Waals surface area contributed by atoms with Crippen LogP contribution in [0.3, 0.4) is 0 Å². The fourth-order valence-electron chi connectivity index (χ4n) is 10.7. The van der Waals surface area contributed by atoms with Crippen molar-refractivity contribution in [2.24, 2.45) is 0 Å². The molecule has 0 aliphatic carbocycles. The molecule has 0 N–H and O–H groups in total. The highest BCUT2D eigenvalue weighted by atomic mass is 32.1. The molecular formula is C54H29N5S. The molecule has 0 aliphatic heterocycles. The molecule has 6 heteroatoms. The first kappa shape index (κ1) is 31.2. The summed E-state index contributed by atoms with van der Waals surface area (Å²) in [5.74, 6) is 1.55. The van der Waals surface area contributed by atoms with Crippen LogP contribution in [0.4, 0.5) is 0 Å². The van der Waals surface area contributed by atoms with Gasteiger partial charge < -0.3 is 4.40 Å².